The number of nitriles is 1. The van der Waals surface area contributed by atoms with E-state index in [-0.39, 0.29) is 17.1 Å². The molecule has 3 rings (SSSR count). The van der Waals surface area contributed by atoms with E-state index in [4.69, 9.17) is 0 Å². The van der Waals surface area contributed by atoms with Gasteiger partial charge in [-0.1, -0.05) is 37.8 Å². The molecule has 0 saturated heterocycles. The Bertz CT molecular complexity index is 801. The fourth-order valence-electron chi connectivity index (χ4n) is 3.01. The topological polar surface area (TPSA) is 102 Å². The highest BCUT2D eigenvalue weighted by atomic mass is 16.3. The molecule has 23 heavy (non-hydrogen) atoms. The van der Waals surface area contributed by atoms with Gasteiger partial charge in [0.25, 0.3) is 5.56 Å². The Labute approximate surface area is 133 Å². The molecular formula is C17H18N4O2. The number of nitrogens with one attached hydrogen (secondary N) is 2. The molecular weight excluding hydrogens is 292 g/mol. The van der Waals surface area contributed by atoms with Crippen molar-refractivity contribution in [1.82, 2.24) is 9.97 Å². The first-order valence-corrected chi connectivity index (χ1v) is 7.75. The van der Waals surface area contributed by atoms with E-state index in [1.54, 1.807) is 18.2 Å². The minimum atomic E-state index is -0.451. The maximum Gasteiger partial charge on any atom is 0.271 e. The summed E-state index contributed by atoms with van der Waals surface area (Å²) in [6, 6.07) is 8.51. The summed E-state index contributed by atoms with van der Waals surface area (Å²) in [4.78, 5) is 19.2. The third kappa shape index (κ3) is 3.34. The zero-order valence-electron chi connectivity index (χ0n) is 12.7. The van der Waals surface area contributed by atoms with Gasteiger partial charge in [-0.05, 0) is 18.1 Å². The lowest BCUT2D eigenvalue weighted by atomic mass is 10.0. The molecule has 1 aliphatic carbocycles. The molecule has 0 unspecified atom stereocenters. The zero-order chi connectivity index (χ0) is 16.2. The monoisotopic (exact) mass is 310 g/mol. The first-order valence-electron chi connectivity index (χ1n) is 7.75. The second-order valence-corrected chi connectivity index (χ2v) is 5.84. The number of para-hydroxylation sites is 2. The fraction of sp³-hybridized carbons (Fsp3) is 0.353. The largest absolute Gasteiger partial charge is 0.506 e. The summed E-state index contributed by atoms with van der Waals surface area (Å²) in [5.74, 6) is 1.34. The van der Waals surface area contributed by atoms with Gasteiger partial charge in [-0.2, -0.15) is 5.26 Å². The molecule has 2 aromatic rings. The smallest absolute Gasteiger partial charge is 0.271 e. The number of benzene rings is 1. The van der Waals surface area contributed by atoms with E-state index in [9.17, 15) is 15.2 Å². The van der Waals surface area contributed by atoms with E-state index in [1.165, 1.54) is 18.9 Å². The molecule has 1 heterocycles. The molecule has 0 radical (unpaired) electrons. The summed E-state index contributed by atoms with van der Waals surface area (Å²) in [6.07, 6.45) is 5.43. The van der Waals surface area contributed by atoms with Crippen LogP contribution < -0.4 is 10.9 Å². The third-order valence-electron chi connectivity index (χ3n) is 4.19. The SMILES string of the molecule is N#Cc1c(Nc2ccccc2O)nc(CC2CCCC2)[nH]c1=O. The Hall–Kier alpha value is -2.81. The lowest BCUT2D eigenvalue weighted by Gasteiger charge is -2.12. The maximum atomic E-state index is 12.1. The lowest BCUT2D eigenvalue weighted by molar-refractivity contribution is 0.477. The number of hydrogen-bond acceptors (Lipinski definition) is 5. The minimum absolute atomic E-state index is 0.0378. The highest BCUT2D eigenvalue weighted by Gasteiger charge is 2.19. The van der Waals surface area contributed by atoms with Gasteiger partial charge in [-0.15, -0.1) is 0 Å². The van der Waals surface area contributed by atoms with E-state index in [0.29, 0.717) is 23.9 Å². The number of aromatic hydroxyl groups is 1. The van der Waals surface area contributed by atoms with Crippen LogP contribution in [0.4, 0.5) is 11.5 Å². The number of nitrogens with zero attached hydrogens (tertiary/aromatic N) is 2. The Balaban J connectivity index is 1.93. The summed E-state index contributed by atoms with van der Waals surface area (Å²) in [5.41, 5.74) is -0.120. The molecule has 1 aromatic carbocycles. The molecule has 1 aliphatic rings. The van der Waals surface area contributed by atoms with E-state index in [0.717, 1.165) is 12.8 Å². The average molecular weight is 310 g/mol. The van der Waals surface area contributed by atoms with Crippen LogP contribution in [-0.4, -0.2) is 15.1 Å². The molecule has 3 N–H and O–H groups in total. The van der Waals surface area contributed by atoms with Gasteiger partial charge < -0.3 is 15.4 Å². The molecule has 1 aromatic heterocycles. The van der Waals surface area contributed by atoms with Crippen LogP contribution in [0.25, 0.3) is 0 Å². The highest BCUT2D eigenvalue weighted by Crippen LogP contribution is 2.28. The number of aromatic nitrogens is 2. The van der Waals surface area contributed by atoms with Gasteiger partial charge in [-0.25, -0.2) is 4.98 Å². The van der Waals surface area contributed by atoms with Gasteiger partial charge in [0.15, 0.2) is 11.4 Å². The lowest BCUT2D eigenvalue weighted by Crippen LogP contribution is -2.19. The van der Waals surface area contributed by atoms with Crippen LogP contribution in [0.5, 0.6) is 5.75 Å². The Morgan fingerprint density at radius 2 is 2.09 bits per heavy atom. The molecule has 118 valence electrons. The minimum Gasteiger partial charge on any atom is -0.506 e. The van der Waals surface area contributed by atoms with Gasteiger partial charge in [0, 0.05) is 6.42 Å². The van der Waals surface area contributed by atoms with Gasteiger partial charge in [0.1, 0.15) is 17.6 Å². The Morgan fingerprint density at radius 3 is 2.78 bits per heavy atom. The normalized spacial score (nSPS) is 14.6. The number of rotatable bonds is 4. The molecule has 0 bridgehead atoms. The highest BCUT2D eigenvalue weighted by molar-refractivity contribution is 5.67. The predicted octanol–water partition coefficient (Wildman–Crippen LogP) is 2.82. The van der Waals surface area contributed by atoms with Crippen molar-refractivity contribution in [3.63, 3.8) is 0 Å². The maximum absolute atomic E-state index is 12.1. The van der Waals surface area contributed by atoms with Crippen molar-refractivity contribution in [1.29, 1.82) is 5.26 Å². The Kier molecular flexibility index (Phi) is 4.29. The zero-order valence-corrected chi connectivity index (χ0v) is 12.7. The van der Waals surface area contributed by atoms with Crippen molar-refractivity contribution < 1.29 is 5.11 Å². The van der Waals surface area contributed by atoms with Crippen molar-refractivity contribution in [3.05, 3.63) is 46.0 Å². The van der Waals surface area contributed by atoms with Crippen molar-refractivity contribution in [2.45, 2.75) is 32.1 Å². The van der Waals surface area contributed by atoms with E-state index in [1.807, 2.05) is 6.07 Å². The first-order chi connectivity index (χ1) is 11.2. The summed E-state index contributed by atoms with van der Waals surface area (Å²) in [6.45, 7) is 0. The number of aromatic amines is 1. The van der Waals surface area contributed by atoms with Crippen LogP contribution in [0.2, 0.25) is 0 Å². The number of phenols is 1. The van der Waals surface area contributed by atoms with Crippen LogP contribution in [0, 0.1) is 17.2 Å². The van der Waals surface area contributed by atoms with Crippen molar-refractivity contribution >= 4 is 11.5 Å². The van der Waals surface area contributed by atoms with Gasteiger partial charge >= 0.3 is 0 Å². The molecule has 0 spiro atoms. The van der Waals surface area contributed by atoms with Gasteiger partial charge in [0.2, 0.25) is 0 Å². The second kappa shape index (κ2) is 6.53. The fourth-order valence-corrected chi connectivity index (χ4v) is 3.01. The van der Waals surface area contributed by atoms with Crippen LogP contribution >= 0.6 is 0 Å². The summed E-state index contributed by atoms with van der Waals surface area (Å²) >= 11 is 0. The molecule has 0 atom stereocenters. The molecule has 1 saturated carbocycles. The van der Waals surface area contributed by atoms with E-state index < -0.39 is 5.56 Å². The average Bonchev–Trinajstić information content (AvgIpc) is 3.02. The van der Waals surface area contributed by atoms with Crippen molar-refractivity contribution in [2.75, 3.05) is 5.32 Å². The van der Waals surface area contributed by atoms with Crippen molar-refractivity contribution in [2.24, 2.45) is 5.92 Å². The summed E-state index contributed by atoms with van der Waals surface area (Å²) in [7, 11) is 0. The summed E-state index contributed by atoms with van der Waals surface area (Å²) < 4.78 is 0. The van der Waals surface area contributed by atoms with Crippen LogP contribution in [0.3, 0.4) is 0 Å². The van der Waals surface area contributed by atoms with Crippen LogP contribution in [0.15, 0.2) is 29.1 Å². The van der Waals surface area contributed by atoms with Crippen LogP contribution in [-0.2, 0) is 6.42 Å². The number of phenolic OH excluding ortho intramolecular Hbond substituents is 1. The standard InChI is InChI=1S/C17H18N4O2/c18-10-12-16(19-13-7-3-4-8-14(13)22)20-15(21-17(12)23)9-11-5-1-2-6-11/h3-4,7-8,11,22H,1-2,5-6,9H2,(H2,19,20,21,23). The second-order valence-electron chi connectivity index (χ2n) is 5.84. The first kappa shape index (κ1) is 15.1. The molecule has 0 amide bonds. The number of hydrogen-bond donors (Lipinski definition) is 3. The number of H-pyrrole nitrogens is 1. The van der Waals surface area contributed by atoms with E-state index >= 15 is 0 Å². The summed E-state index contributed by atoms with van der Waals surface area (Å²) in [5, 5.41) is 21.9. The Morgan fingerprint density at radius 1 is 1.35 bits per heavy atom. The number of anilines is 2. The van der Waals surface area contributed by atoms with E-state index in [2.05, 4.69) is 15.3 Å². The van der Waals surface area contributed by atoms with Gasteiger partial charge in [-0.3, -0.25) is 4.79 Å². The quantitative estimate of drug-likeness (QED) is 0.754. The molecule has 0 aliphatic heterocycles. The van der Waals surface area contributed by atoms with Crippen LogP contribution in [0.1, 0.15) is 37.1 Å². The van der Waals surface area contributed by atoms with Crippen molar-refractivity contribution in [3.8, 4) is 11.8 Å². The molecule has 1 fully saturated rings. The molecule has 6 heteroatoms. The predicted molar refractivity (Wildman–Crippen MR) is 86.6 cm³/mol. The third-order valence-corrected chi connectivity index (χ3v) is 4.19. The molecule has 6 nitrogen and oxygen atoms in total. The van der Waals surface area contributed by atoms with Gasteiger partial charge in [0.05, 0.1) is 5.69 Å².